The molecule has 2 rings (SSSR count). The van der Waals surface area contributed by atoms with Gasteiger partial charge in [-0.1, -0.05) is 11.8 Å². The summed E-state index contributed by atoms with van der Waals surface area (Å²) in [6.07, 6.45) is 1.73. The van der Waals surface area contributed by atoms with E-state index >= 15 is 0 Å². The van der Waals surface area contributed by atoms with Crippen LogP contribution in [0.1, 0.15) is 25.5 Å². The molecule has 0 unspecified atom stereocenters. The summed E-state index contributed by atoms with van der Waals surface area (Å²) in [5, 5.41) is 9.45. The molecule has 0 amide bonds. The molecule has 0 aliphatic heterocycles. The Morgan fingerprint density at radius 3 is 2.70 bits per heavy atom. The molecular weight excluding hydrogens is 272 g/mol. The van der Waals surface area contributed by atoms with Gasteiger partial charge >= 0.3 is 0 Å². The molecule has 0 fully saturated rings. The predicted octanol–water partition coefficient (Wildman–Crippen LogP) is 2.19. The molecule has 0 bridgehead atoms. The fourth-order valence-corrected chi connectivity index (χ4v) is 2.86. The van der Waals surface area contributed by atoms with Crippen molar-refractivity contribution >= 4 is 23.5 Å². The maximum atomic E-state index is 5.69. The van der Waals surface area contributed by atoms with Crippen molar-refractivity contribution in [3.8, 4) is 0 Å². The molecule has 0 spiro atoms. The van der Waals surface area contributed by atoms with Crippen molar-refractivity contribution in [3.05, 3.63) is 23.9 Å². The second kappa shape index (κ2) is 6.13. The zero-order chi connectivity index (χ0) is 14.7. The number of hydrogen-bond acceptors (Lipinski definition) is 6. The number of nitrogens with zero attached hydrogens (tertiary/aromatic N) is 5. The van der Waals surface area contributed by atoms with Crippen LogP contribution >= 0.6 is 11.8 Å². The summed E-state index contributed by atoms with van der Waals surface area (Å²) in [6.45, 7) is 4.26. The van der Waals surface area contributed by atoms with E-state index in [0.717, 1.165) is 22.4 Å². The molecular formula is C13H20N6S. The lowest BCUT2D eigenvalue weighted by Gasteiger charge is -2.17. The van der Waals surface area contributed by atoms with Gasteiger partial charge in [-0.15, -0.1) is 10.2 Å². The predicted molar refractivity (Wildman–Crippen MR) is 82.9 cm³/mol. The number of thioether (sulfide) groups is 1. The quantitative estimate of drug-likeness (QED) is 0.852. The molecule has 20 heavy (non-hydrogen) atoms. The highest BCUT2D eigenvalue weighted by molar-refractivity contribution is 7.98. The largest absolute Gasteiger partial charge is 0.384 e. The van der Waals surface area contributed by atoms with Crippen molar-refractivity contribution < 1.29 is 0 Å². The van der Waals surface area contributed by atoms with Gasteiger partial charge in [0.25, 0.3) is 0 Å². The highest BCUT2D eigenvalue weighted by Crippen LogP contribution is 2.27. The Kier molecular flexibility index (Phi) is 4.49. The highest BCUT2D eigenvalue weighted by Gasteiger charge is 2.16. The summed E-state index contributed by atoms with van der Waals surface area (Å²) < 4.78 is 2.13. The van der Waals surface area contributed by atoms with Crippen LogP contribution in [0, 0.1) is 0 Å². The molecule has 7 heteroatoms. The second-order valence-electron chi connectivity index (χ2n) is 5.02. The zero-order valence-corrected chi connectivity index (χ0v) is 13.1. The van der Waals surface area contributed by atoms with Crippen LogP contribution in [0.25, 0.3) is 0 Å². The molecule has 2 aromatic rings. The third-order valence-electron chi connectivity index (χ3n) is 2.78. The molecule has 2 heterocycles. The van der Waals surface area contributed by atoms with Crippen LogP contribution in [0.15, 0.2) is 23.5 Å². The Bertz CT molecular complexity index is 578. The van der Waals surface area contributed by atoms with Gasteiger partial charge in [-0.05, 0) is 31.5 Å². The van der Waals surface area contributed by atoms with Crippen LogP contribution in [0.2, 0.25) is 0 Å². The lowest BCUT2D eigenvalue weighted by atomic mass is 10.3. The minimum atomic E-state index is 0.312. The van der Waals surface area contributed by atoms with Crippen molar-refractivity contribution in [1.29, 1.82) is 0 Å². The minimum absolute atomic E-state index is 0.312. The molecule has 2 aromatic heterocycles. The number of aromatic nitrogens is 4. The number of anilines is 2. The van der Waals surface area contributed by atoms with Gasteiger partial charge in [0.05, 0.1) is 0 Å². The topological polar surface area (TPSA) is 72.9 Å². The average Bonchev–Trinajstić information content (AvgIpc) is 2.80. The number of hydrogen-bond donors (Lipinski definition) is 1. The first-order valence-corrected chi connectivity index (χ1v) is 7.43. The van der Waals surface area contributed by atoms with Crippen LogP contribution < -0.4 is 10.6 Å². The lowest BCUT2D eigenvalue weighted by molar-refractivity contribution is 0.549. The first-order chi connectivity index (χ1) is 9.49. The van der Waals surface area contributed by atoms with Crippen LogP contribution in [-0.4, -0.2) is 33.8 Å². The zero-order valence-electron chi connectivity index (χ0n) is 12.2. The van der Waals surface area contributed by atoms with Crippen LogP contribution in [0.4, 0.5) is 11.8 Å². The van der Waals surface area contributed by atoms with E-state index in [1.807, 2.05) is 31.1 Å². The van der Waals surface area contributed by atoms with Gasteiger partial charge in [0.1, 0.15) is 5.82 Å². The van der Waals surface area contributed by atoms with E-state index < -0.39 is 0 Å². The SMILES string of the molecule is CC(C)n1c(SCc2ccnc(N)c2)nnc1N(C)C. The van der Waals surface area contributed by atoms with E-state index in [2.05, 4.69) is 33.6 Å². The van der Waals surface area contributed by atoms with E-state index in [4.69, 9.17) is 5.73 Å². The fraction of sp³-hybridized carbons (Fsp3) is 0.462. The maximum absolute atomic E-state index is 5.69. The van der Waals surface area contributed by atoms with E-state index in [0.29, 0.717) is 11.9 Å². The Morgan fingerprint density at radius 1 is 1.35 bits per heavy atom. The fourth-order valence-electron chi connectivity index (χ4n) is 1.86. The monoisotopic (exact) mass is 292 g/mol. The van der Waals surface area contributed by atoms with Gasteiger partial charge in [0.15, 0.2) is 5.16 Å². The third kappa shape index (κ3) is 3.22. The first-order valence-electron chi connectivity index (χ1n) is 6.44. The standard InChI is InChI=1S/C13H20N6S/c1-9(2)19-12(18(3)4)16-17-13(19)20-8-10-5-6-15-11(14)7-10/h5-7,9H,8H2,1-4H3,(H2,14,15). The summed E-state index contributed by atoms with van der Waals surface area (Å²) >= 11 is 1.65. The molecule has 0 aliphatic carbocycles. The number of nitrogens with two attached hydrogens (primary N) is 1. The average molecular weight is 292 g/mol. The molecule has 0 atom stereocenters. The van der Waals surface area contributed by atoms with Crippen molar-refractivity contribution in [3.63, 3.8) is 0 Å². The second-order valence-corrected chi connectivity index (χ2v) is 5.96. The summed E-state index contributed by atoms with van der Waals surface area (Å²) in [5.74, 6) is 2.21. The van der Waals surface area contributed by atoms with Crippen LogP contribution in [-0.2, 0) is 5.75 Å². The van der Waals surface area contributed by atoms with Gasteiger partial charge in [-0.3, -0.25) is 4.57 Å². The molecule has 0 radical (unpaired) electrons. The number of rotatable bonds is 5. The number of nitrogen functional groups attached to an aromatic ring is 1. The van der Waals surface area contributed by atoms with Crippen LogP contribution in [0.3, 0.4) is 0 Å². The van der Waals surface area contributed by atoms with Crippen molar-refractivity contribution in [2.75, 3.05) is 24.7 Å². The summed E-state index contributed by atoms with van der Waals surface area (Å²) in [4.78, 5) is 5.97. The normalized spacial score (nSPS) is 11.1. The van der Waals surface area contributed by atoms with E-state index in [-0.39, 0.29) is 0 Å². The molecule has 0 saturated heterocycles. The van der Waals surface area contributed by atoms with Crippen molar-refractivity contribution in [2.45, 2.75) is 30.8 Å². The molecule has 108 valence electrons. The Labute approximate surface area is 123 Å². The first kappa shape index (κ1) is 14.6. The minimum Gasteiger partial charge on any atom is -0.384 e. The van der Waals surface area contributed by atoms with Crippen molar-refractivity contribution in [2.24, 2.45) is 0 Å². The Balaban J connectivity index is 2.17. The third-order valence-corrected chi connectivity index (χ3v) is 3.79. The summed E-state index contributed by atoms with van der Waals surface area (Å²) in [5.41, 5.74) is 6.82. The number of pyridine rings is 1. The maximum Gasteiger partial charge on any atom is 0.227 e. The van der Waals surface area contributed by atoms with E-state index in [1.54, 1.807) is 18.0 Å². The van der Waals surface area contributed by atoms with E-state index in [1.165, 1.54) is 0 Å². The van der Waals surface area contributed by atoms with E-state index in [9.17, 15) is 0 Å². The summed E-state index contributed by atoms with van der Waals surface area (Å²) in [7, 11) is 3.95. The molecule has 6 nitrogen and oxygen atoms in total. The molecule has 0 aromatic carbocycles. The highest BCUT2D eigenvalue weighted by atomic mass is 32.2. The Hall–Kier alpha value is -1.76. The van der Waals surface area contributed by atoms with Gasteiger partial charge in [-0.25, -0.2) is 4.98 Å². The molecule has 0 saturated carbocycles. The lowest BCUT2D eigenvalue weighted by Crippen LogP contribution is -2.17. The smallest absolute Gasteiger partial charge is 0.227 e. The van der Waals surface area contributed by atoms with Crippen LogP contribution in [0.5, 0.6) is 0 Å². The Morgan fingerprint density at radius 2 is 2.10 bits per heavy atom. The molecule has 0 aliphatic rings. The van der Waals surface area contributed by atoms with Crippen molar-refractivity contribution in [1.82, 2.24) is 19.7 Å². The molecule has 2 N–H and O–H groups in total. The van der Waals surface area contributed by atoms with Gasteiger partial charge in [0, 0.05) is 32.1 Å². The van der Waals surface area contributed by atoms with Gasteiger partial charge in [-0.2, -0.15) is 0 Å². The summed E-state index contributed by atoms with van der Waals surface area (Å²) in [6, 6.07) is 4.16. The van der Waals surface area contributed by atoms with Gasteiger partial charge in [0.2, 0.25) is 5.95 Å². The van der Waals surface area contributed by atoms with Gasteiger partial charge < -0.3 is 10.6 Å².